The highest BCUT2D eigenvalue weighted by Gasteiger charge is 2.35. The van der Waals surface area contributed by atoms with E-state index in [2.05, 4.69) is 5.10 Å². The number of para-hydroxylation sites is 1. The SMILES string of the molecule is CCOc1ccccc1[C@H]1OC(c2ccc(Cl)cc2Cl)=NN1C(C)=O. The summed E-state index contributed by atoms with van der Waals surface area (Å²) in [5.74, 6) is 0.643. The van der Waals surface area contributed by atoms with Gasteiger partial charge in [0.2, 0.25) is 18.0 Å². The number of carbonyl (C=O) groups is 1. The Morgan fingerprint density at radius 1 is 1.28 bits per heavy atom. The highest BCUT2D eigenvalue weighted by molar-refractivity contribution is 6.36. The van der Waals surface area contributed by atoms with E-state index < -0.39 is 6.23 Å². The fourth-order valence-corrected chi connectivity index (χ4v) is 3.00. The first-order chi connectivity index (χ1) is 12.0. The molecule has 1 atom stereocenters. The Kier molecular flexibility index (Phi) is 5.16. The quantitative estimate of drug-likeness (QED) is 0.778. The van der Waals surface area contributed by atoms with Gasteiger partial charge in [-0.05, 0) is 37.3 Å². The first-order valence-electron chi connectivity index (χ1n) is 7.73. The first-order valence-corrected chi connectivity index (χ1v) is 8.49. The maximum atomic E-state index is 12.1. The summed E-state index contributed by atoms with van der Waals surface area (Å²) in [5.41, 5.74) is 1.28. The zero-order valence-corrected chi connectivity index (χ0v) is 15.2. The second-order valence-corrected chi connectivity index (χ2v) is 6.18. The van der Waals surface area contributed by atoms with Crippen molar-refractivity contribution >= 4 is 35.0 Å². The zero-order chi connectivity index (χ0) is 18.0. The van der Waals surface area contributed by atoms with E-state index in [0.29, 0.717) is 33.5 Å². The Morgan fingerprint density at radius 3 is 2.72 bits per heavy atom. The van der Waals surface area contributed by atoms with E-state index in [4.69, 9.17) is 32.7 Å². The molecule has 0 aliphatic carbocycles. The molecule has 1 heterocycles. The number of hydrogen-bond donors (Lipinski definition) is 0. The third-order valence-electron chi connectivity index (χ3n) is 3.61. The second-order valence-electron chi connectivity index (χ2n) is 5.33. The van der Waals surface area contributed by atoms with Crippen molar-refractivity contribution in [3.63, 3.8) is 0 Å². The fourth-order valence-electron chi connectivity index (χ4n) is 2.51. The third-order valence-corrected chi connectivity index (χ3v) is 4.16. The normalized spacial score (nSPS) is 16.4. The minimum atomic E-state index is -0.720. The Bertz CT molecular complexity index is 839. The minimum absolute atomic E-state index is 0.253. The molecule has 3 rings (SSSR count). The van der Waals surface area contributed by atoms with E-state index in [1.165, 1.54) is 11.9 Å². The van der Waals surface area contributed by atoms with Crippen molar-refractivity contribution in [3.8, 4) is 5.75 Å². The van der Waals surface area contributed by atoms with Gasteiger partial charge in [-0.2, -0.15) is 5.01 Å². The average molecular weight is 379 g/mol. The van der Waals surface area contributed by atoms with Gasteiger partial charge in [0, 0.05) is 11.9 Å². The molecular formula is C18H16Cl2N2O3. The maximum Gasteiger partial charge on any atom is 0.243 e. The lowest BCUT2D eigenvalue weighted by Crippen LogP contribution is -2.25. The third kappa shape index (κ3) is 3.57. The van der Waals surface area contributed by atoms with Crippen molar-refractivity contribution in [2.24, 2.45) is 5.10 Å². The standard InChI is InChI=1S/C18H16Cl2N2O3/c1-3-24-16-7-5-4-6-14(16)18-22(11(2)23)21-17(25-18)13-9-8-12(19)10-15(13)20/h4-10,18H,3H2,1-2H3/t18-/m1/s1. The summed E-state index contributed by atoms with van der Waals surface area (Å²) in [5, 5.41) is 6.48. The smallest absolute Gasteiger partial charge is 0.243 e. The van der Waals surface area contributed by atoms with Crippen LogP contribution in [0.4, 0.5) is 0 Å². The maximum absolute atomic E-state index is 12.1. The molecule has 0 unspecified atom stereocenters. The number of nitrogens with zero attached hydrogens (tertiary/aromatic N) is 2. The van der Waals surface area contributed by atoms with Gasteiger partial charge in [0.05, 0.1) is 22.8 Å². The van der Waals surface area contributed by atoms with Crippen molar-refractivity contribution < 1.29 is 14.3 Å². The van der Waals surface area contributed by atoms with Crippen LogP contribution >= 0.6 is 23.2 Å². The van der Waals surface area contributed by atoms with Gasteiger partial charge < -0.3 is 9.47 Å². The molecule has 2 aromatic carbocycles. The van der Waals surface area contributed by atoms with Gasteiger partial charge in [-0.15, -0.1) is 5.10 Å². The van der Waals surface area contributed by atoms with Crippen molar-refractivity contribution in [1.29, 1.82) is 0 Å². The number of ether oxygens (including phenoxy) is 2. The molecule has 130 valence electrons. The van der Waals surface area contributed by atoms with Crippen LogP contribution in [0.25, 0.3) is 0 Å². The van der Waals surface area contributed by atoms with Crippen LogP contribution < -0.4 is 4.74 Å². The van der Waals surface area contributed by atoms with Crippen molar-refractivity contribution in [2.75, 3.05) is 6.61 Å². The number of amides is 1. The van der Waals surface area contributed by atoms with Gasteiger partial charge in [-0.1, -0.05) is 35.3 Å². The highest BCUT2D eigenvalue weighted by atomic mass is 35.5. The first kappa shape index (κ1) is 17.6. The molecule has 7 heteroatoms. The molecule has 5 nitrogen and oxygen atoms in total. The molecule has 0 bridgehead atoms. The molecule has 2 aromatic rings. The van der Waals surface area contributed by atoms with Gasteiger partial charge in [0.1, 0.15) is 5.75 Å². The molecule has 25 heavy (non-hydrogen) atoms. The Hall–Kier alpha value is -2.24. The van der Waals surface area contributed by atoms with Gasteiger partial charge in [0.15, 0.2) is 0 Å². The number of hydrogen-bond acceptors (Lipinski definition) is 4. The van der Waals surface area contributed by atoms with E-state index in [0.717, 1.165) is 0 Å². The predicted octanol–water partition coefficient (Wildman–Crippen LogP) is 4.63. The lowest BCUT2D eigenvalue weighted by Gasteiger charge is -2.21. The van der Waals surface area contributed by atoms with E-state index in [1.807, 2.05) is 31.2 Å². The minimum Gasteiger partial charge on any atom is -0.493 e. The number of hydrazone groups is 1. The van der Waals surface area contributed by atoms with Crippen LogP contribution in [0.1, 0.15) is 31.2 Å². The number of benzene rings is 2. The number of carbonyl (C=O) groups excluding carboxylic acids is 1. The van der Waals surface area contributed by atoms with Crippen LogP contribution in [0, 0.1) is 0 Å². The Labute approximate surface area is 155 Å². The van der Waals surface area contributed by atoms with Gasteiger partial charge in [-0.3, -0.25) is 4.79 Å². The van der Waals surface area contributed by atoms with Crippen molar-refractivity contribution in [2.45, 2.75) is 20.1 Å². The molecule has 0 N–H and O–H groups in total. The van der Waals surface area contributed by atoms with Crippen LogP contribution in [0.15, 0.2) is 47.6 Å². The molecule has 1 aliphatic rings. The molecule has 0 aromatic heterocycles. The molecule has 1 amide bonds. The Balaban J connectivity index is 1.99. The predicted molar refractivity (Wildman–Crippen MR) is 97.0 cm³/mol. The van der Waals surface area contributed by atoms with Crippen LogP contribution in [-0.2, 0) is 9.53 Å². The van der Waals surface area contributed by atoms with Gasteiger partial charge in [-0.25, -0.2) is 0 Å². The van der Waals surface area contributed by atoms with Crippen LogP contribution in [-0.4, -0.2) is 23.4 Å². The molecule has 0 radical (unpaired) electrons. The summed E-state index contributed by atoms with van der Waals surface area (Å²) in [4.78, 5) is 12.1. The summed E-state index contributed by atoms with van der Waals surface area (Å²) in [6.07, 6.45) is -0.720. The Morgan fingerprint density at radius 2 is 2.04 bits per heavy atom. The molecule has 0 fully saturated rings. The summed E-state index contributed by atoms with van der Waals surface area (Å²) in [6, 6.07) is 12.4. The summed E-state index contributed by atoms with van der Waals surface area (Å²) in [6.45, 7) is 3.82. The molecular weight excluding hydrogens is 363 g/mol. The number of halogens is 2. The van der Waals surface area contributed by atoms with Crippen LogP contribution in [0.2, 0.25) is 10.0 Å². The lowest BCUT2D eigenvalue weighted by molar-refractivity contribution is -0.135. The van der Waals surface area contributed by atoms with Crippen molar-refractivity contribution in [3.05, 3.63) is 63.6 Å². The van der Waals surface area contributed by atoms with E-state index in [1.54, 1.807) is 18.2 Å². The lowest BCUT2D eigenvalue weighted by atomic mass is 10.1. The number of rotatable bonds is 4. The summed E-state index contributed by atoms with van der Waals surface area (Å²) < 4.78 is 11.6. The monoisotopic (exact) mass is 378 g/mol. The molecule has 0 spiro atoms. The van der Waals surface area contributed by atoms with E-state index >= 15 is 0 Å². The van der Waals surface area contributed by atoms with Crippen molar-refractivity contribution in [1.82, 2.24) is 5.01 Å². The molecule has 0 saturated carbocycles. The summed E-state index contributed by atoms with van der Waals surface area (Å²) in [7, 11) is 0. The fraction of sp³-hybridized carbons (Fsp3) is 0.222. The van der Waals surface area contributed by atoms with E-state index in [-0.39, 0.29) is 11.8 Å². The second kappa shape index (κ2) is 7.33. The van der Waals surface area contributed by atoms with E-state index in [9.17, 15) is 4.79 Å². The van der Waals surface area contributed by atoms with Crippen LogP contribution in [0.5, 0.6) is 5.75 Å². The van der Waals surface area contributed by atoms with Gasteiger partial charge in [0.25, 0.3) is 0 Å². The highest BCUT2D eigenvalue weighted by Crippen LogP contribution is 2.36. The topological polar surface area (TPSA) is 51.1 Å². The molecule has 1 aliphatic heterocycles. The zero-order valence-electron chi connectivity index (χ0n) is 13.7. The summed E-state index contributed by atoms with van der Waals surface area (Å²) >= 11 is 12.2. The average Bonchev–Trinajstić information content (AvgIpc) is 3.01. The molecule has 0 saturated heterocycles. The largest absolute Gasteiger partial charge is 0.493 e. The van der Waals surface area contributed by atoms with Gasteiger partial charge >= 0.3 is 0 Å². The van der Waals surface area contributed by atoms with Crippen LogP contribution in [0.3, 0.4) is 0 Å².